The van der Waals surface area contributed by atoms with Crippen LogP contribution in [-0.4, -0.2) is 33.2 Å². The first-order valence-electron chi connectivity index (χ1n) is 12.1. The van der Waals surface area contributed by atoms with E-state index < -0.39 is 0 Å². The molecule has 180 valence electrons. The van der Waals surface area contributed by atoms with E-state index in [0.717, 1.165) is 40.3 Å². The molecule has 4 heterocycles. The Kier molecular flexibility index (Phi) is 5.18. The summed E-state index contributed by atoms with van der Waals surface area (Å²) in [6, 6.07) is 21.0. The highest BCUT2D eigenvalue weighted by atomic mass is 16.5. The van der Waals surface area contributed by atoms with Crippen LogP contribution in [0.3, 0.4) is 0 Å². The highest BCUT2D eigenvalue weighted by molar-refractivity contribution is 6.09. The van der Waals surface area contributed by atoms with Crippen molar-refractivity contribution in [2.24, 2.45) is 0 Å². The number of nitrogens with zero attached hydrogens (tertiary/aromatic N) is 5. The van der Waals surface area contributed by atoms with Crippen LogP contribution in [0.25, 0.3) is 27.6 Å². The molecule has 2 aromatic carbocycles. The molecule has 0 unspecified atom stereocenters. The van der Waals surface area contributed by atoms with Gasteiger partial charge in [0.25, 0.3) is 0 Å². The number of pyridine rings is 2. The quantitative estimate of drug-likeness (QED) is 0.285. The maximum atomic E-state index is 6.32. The van der Waals surface area contributed by atoms with Crippen LogP contribution >= 0.6 is 0 Å². The van der Waals surface area contributed by atoms with E-state index in [4.69, 9.17) is 9.72 Å². The topological polar surface area (TPSA) is 46.4 Å². The average Bonchev–Trinajstić information content (AvgIpc) is 3.45. The van der Waals surface area contributed by atoms with Gasteiger partial charge in [-0.3, -0.25) is 9.55 Å². The summed E-state index contributed by atoms with van der Waals surface area (Å²) in [7, 11) is 2.05. The third kappa shape index (κ3) is 3.94. The van der Waals surface area contributed by atoms with E-state index in [1.807, 2.05) is 44.0 Å². The third-order valence-electron chi connectivity index (χ3n) is 6.63. The predicted octanol–water partition coefficient (Wildman–Crippen LogP) is 6.84. The van der Waals surface area contributed by atoms with E-state index >= 15 is 0 Å². The lowest BCUT2D eigenvalue weighted by atomic mass is 9.88. The smallest absolute Gasteiger partial charge is 0.147 e. The molecule has 0 N–H and O–H groups in total. The lowest BCUT2D eigenvalue weighted by Gasteiger charge is -2.20. The highest BCUT2D eigenvalue weighted by Gasteiger charge is 2.18. The van der Waals surface area contributed by atoms with Crippen molar-refractivity contribution < 1.29 is 4.74 Å². The van der Waals surface area contributed by atoms with Crippen LogP contribution in [0.1, 0.15) is 26.3 Å². The fraction of sp³-hybridized carbons (Fsp3) is 0.200. The summed E-state index contributed by atoms with van der Waals surface area (Å²) < 4.78 is 8.55. The minimum Gasteiger partial charge on any atom is -0.456 e. The Morgan fingerprint density at radius 2 is 1.67 bits per heavy atom. The first kappa shape index (κ1) is 22.2. The number of anilines is 1. The molecule has 0 saturated heterocycles. The van der Waals surface area contributed by atoms with Gasteiger partial charge in [0.1, 0.15) is 17.3 Å². The van der Waals surface area contributed by atoms with Crippen LogP contribution in [0.4, 0.5) is 5.69 Å². The van der Waals surface area contributed by atoms with Crippen molar-refractivity contribution in [3.05, 3.63) is 97.2 Å². The van der Waals surface area contributed by atoms with Gasteiger partial charge in [-0.05, 0) is 41.3 Å². The Labute approximate surface area is 211 Å². The SMILES string of the molecule is CN1C=CN(c2cncc(Oc3ccc4c5ccccc5n(-c5cc(C(C)(C)C)ccn5)c4c3)c2)C1. The fourth-order valence-electron chi connectivity index (χ4n) is 4.72. The number of hydrogen-bond donors (Lipinski definition) is 0. The number of fused-ring (bicyclic) bond motifs is 3. The van der Waals surface area contributed by atoms with Gasteiger partial charge in [-0.15, -0.1) is 0 Å². The fourth-order valence-corrected chi connectivity index (χ4v) is 4.72. The molecule has 6 rings (SSSR count). The molecular weight excluding hydrogens is 446 g/mol. The van der Waals surface area contributed by atoms with Gasteiger partial charge >= 0.3 is 0 Å². The Morgan fingerprint density at radius 3 is 2.47 bits per heavy atom. The largest absolute Gasteiger partial charge is 0.456 e. The monoisotopic (exact) mass is 475 g/mol. The molecule has 0 amide bonds. The summed E-state index contributed by atoms with van der Waals surface area (Å²) in [6.07, 6.45) is 9.59. The first-order valence-corrected chi connectivity index (χ1v) is 12.1. The van der Waals surface area contributed by atoms with Crippen LogP contribution in [0, 0.1) is 0 Å². The highest BCUT2D eigenvalue weighted by Crippen LogP contribution is 2.36. The molecule has 0 radical (unpaired) electrons. The van der Waals surface area contributed by atoms with E-state index in [-0.39, 0.29) is 5.41 Å². The molecule has 36 heavy (non-hydrogen) atoms. The Bertz CT molecular complexity index is 1610. The molecule has 0 saturated carbocycles. The normalized spacial score (nSPS) is 13.8. The summed E-state index contributed by atoms with van der Waals surface area (Å²) in [5.41, 5.74) is 4.45. The summed E-state index contributed by atoms with van der Waals surface area (Å²) in [6.45, 7) is 7.46. The first-order chi connectivity index (χ1) is 17.4. The van der Waals surface area contributed by atoms with E-state index in [1.54, 1.807) is 6.20 Å². The standard InChI is InChI=1S/C30H29N5O/c1-30(2,3)21-11-12-32-29(15-21)35-27-8-6-5-7-25(27)26-10-9-23(17-28(26)35)36-24-16-22(18-31-19-24)34-14-13-33(4)20-34/h5-19H,20H2,1-4H3. The maximum absolute atomic E-state index is 6.32. The minimum atomic E-state index is 0.0298. The second-order valence-electron chi connectivity index (χ2n) is 10.3. The van der Waals surface area contributed by atoms with Gasteiger partial charge in [0, 0.05) is 48.5 Å². The summed E-state index contributed by atoms with van der Waals surface area (Å²) in [4.78, 5) is 13.4. The van der Waals surface area contributed by atoms with Crippen molar-refractivity contribution in [2.75, 3.05) is 18.6 Å². The third-order valence-corrected chi connectivity index (χ3v) is 6.63. The Morgan fingerprint density at radius 1 is 0.833 bits per heavy atom. The second kappa shape index (κ2) is 8.41. The molecule has 0 spiro atoms. The molecule has 0 fully saturated rings. The van der Waals surface area contributed by atoms with Crippen LogP contribution in [0.15, 0.2) is 91.7 Å². The lowest BCUT2D eigenvalue weighted by Crippen LogP contribution is -2.21. The van der Waals surface area contributed by atoms with Crippen LogP contribution < -0.4 is 9.64 Å². The van der Waals surface area contributed by atoms with Crippen molar-refractivity contribution in [1.29, 1.82) is 0 Å². The number of ether oxygens (including phenoxy) is 1. The average molecular weight is 476 g/mol. The van der Waals surface area contributed by atoms with Gasteiger partial charge in [0.15, 0.2) is 0 Å². The van der Waals surface area contributed by atoms with Crippen molar-refractivity contribution in [2.45, 2.75) is 26.2 Å². The molecule has 6 heteroatoms. The molecule has 0 atom stereocenters. The van der Waals surface area contributed by atoms with Crippen molar-refractivity contribution in [3.8, 4) is 17.3 Å². The van der Waals surface area contributed by atoms with Crippen LogP contribution in [-0.2, 0) is 5.41 Å². The zero-order valence-corrected chi connectivity index (χ0v) is 21.0. The number of hydrogen-bond acceptors (Lipinski definition) is 5. The van der Waals surface area contributed by atoms with Gasteiger partial charge in [0.05, 0.1) is 35.8 Å². The summed E-state index contributed by atoms with van der Waals surface area (Å²) in [5.74, 6) is 2.36. The predicted molar refractivity (Wildman–Crippen MR) is 146 cm³/mol. The molecule has 5 aromatic rings. The van der Waals surface area contributed by atoms with Crippen LogP contribution in [0.2, 0.25) is 0 Å². The second-order valence-corrected chi connectivity index (χ2v) is 10.3. The minimum absolute atomic E-state index is 0.0298. The van der Waals surface area contributed by atoms with Gasteiger partial charge in [0.2, 0.25) is 0 Å². The van der Waals surface area contributed by atoms with Crippen molar-refractivity contribution >= 4 is 27.5 Å². The summed E-state index contributed by atoms with van der Waals surface area (Å²) in [5, 5.41) is 2.36. The molecule has 1 aliphatic rings. The van der Waals surface area contributed by atoms with Gasteiger partial charge in [-0.25, -0.2) is 4.98 Å². The molecule has 0 bridgehead atoms. The number of para-hydroxylation sites is 1. The Hall–Kier alpha value is -4.32. The van der Waals surface area contributed by atoms with Crippen molar-refractivity contribution in [3.63, 3.8) is 0 Å². The van der Waals surface area contributed by atoms with Crippen LogP contribution in [0.5, 0.6) is 11.5 Å². The van der Waals surface area contributed by atoms with Gasteiger partial charge in [-0.1, -0.05) is 39.0 Å². The molecule has 6 nitrogen and oxygen atoms in total. The van der Waals surface area contributed by atoms with E-state index in [9.17, 15) is 0 Å². The summed E-state index contributed by atoms with van der Waals surface area (Å²) >= 11 is 0. The molecule has 0 aliphatic carbocycles. The van der Waals surface area contributed by atoms with Gasteiger partial charge in [-0.2, -0.15) is 0 Å². The lowest BCUT2D eigenvalue weighted by molar-refractivity contribution is 0.479. The zero-order chi connectivity index (χ0) is 24.9. The van der Waals surface area contributed by atoms with E-state index in [0.29, 0.717) is 5.75 Å². The Balaban J connectivity index is 1.44. The van der Waals surface area contributed by atoms with Crippen molar-refractivity contribution in [1.82, 2.24) is 19.4 Å². The number of rotatable bonds is 4. The number of benzene rings is 2. The molecular formula is C30H29N5O. The van der Waals surface area contributed by atoms with E-state index in [1.165, 1.54) is 10.9 Å². The van der Waals surface area contributed by atoms with Gasteiger partial charge < -0.3 is 14.5 Å². The molecule has 1 aliphatic heterocycles. The maximum Gasteiger partial charge on any atom is 0.147 e. The van der Waals surface area contributed by atoms with E-state index in [2.05, 4.69) is 88.7 Å². The number of aromatic nitrogens is 3. The zero-order valence-electron chi connectivity index (χ0n) is 21.0. The molecule has 3 aromatic heterocycles.